The van der Waals surface area contributed by atoms with Crippen LogP contribution in [0.3, 0.4) is 0 Å². The number of hydrogen-bond acceptors (Lipinski definition) is 3. The van der Waals surface area contributed by atoms with Gasteiger partial charge in [0.05, 0.1) is 5.56 Å². The van der Waals surface area contributed by atoms with Crippen molar-refractivity contribution in [2.24, 2.45) is 0 Å². The Morgan fingerprint density at radius 1 is 1.05 bits per heavy atom. The Morgan fingerprint density at radius 3 is 2.20 bits per heavy atom. The van der Waals surface area contributed by atoms with Crippen molar-refractivity contribution in [2.75, 3.05) is 0 Å². The molecule has 0 aliphatic carbocycles. The highest BCUT2D eigenvalue weighted by molar-refractivity contribution is 6.60. The highest BCUT2D eigenvalue weighted by Gasteiger charge is 2.22. The summed E-state index contributed by atoms with van der Waals surface area (Å²) in [5.41, 5.74) is 3.20. The molecular weight excluding hydrogens is 249 g/mol. The van der Waals surface area contributed by atoms with E-state index in [-0.39, 0.29) is 5.92 Å². The third-order valence-electron chi connectivity index (χ3n) is 3.34. The average molecular weight is 265 g/mol. The lowest BCUT2D eigenvalue weighted by Gasteiger charge is -2.16. The Bertz CT molecular complexity index is 646. The van der Waals surface area contributed by atoms with E-state index in [2.05, 4.69) is 6.07 Å². The first kappa shape index (κ1) is 14.3. The molecule has 0 saturated heterocycles. The van der Waals surface area contributed by atoms with E-state index < -0.39 is 7.12 Å². The van der Waals surface area contributed by atoms with E-state index >= 15 is 0 Å². The normalized spacial score (nSPS) is 10.4. The monoisotopic (exact) mass is 265 g/mol. The van der Waals surface area contributed by atoms with Crippen molar-refractivity contribution in [3.8, 4) is 17.2 Å². The van der Waals surface area contributed by atoms with Crippen molar-refractivity contribution in [1.29, 1.82) is 5.26 Å². The van der Waals surface area contributed by atoms with Crippen molar-refractivity contribution in [3.05, 3.63) is 53.6 Å². The van der Waals surface area contributed by atoms with Gasteiger partial charge >= 0.3 is 7.12 Å². The molecular formula is C16H16BNO2. The molecule has 0 unspecified atom stereocenters. The molecule has 0 aromatic heterocycles. The Morgan fingerprint density at radius 2 is 1.70 bits per heavy atom. The molecule has 0 saturated carbocycles. The Labute approximate surface area is 119 Å². The van der Waals surface area contributed by atoms with Crippen LogP contribution in [0.15, 0.2) is 42.5 Å². The van der Waals surface area contributed by atoms with Crippen molar-refractivity contribution in [2.45, 2.75) is 19.8 Å². The zero-order valence-corrected chi connectivity index (χ0v) is 11.5. The van der Waals surface area contributed by atoms with Gasteiger partial charge in [-0.1, -0.05) is 56.3 Å². The largest absolute Gasteiger partial charge is 0.489 e. The van der Waals surface area contributed by atoms with E-state index in [4.69, 9.17) is 0 Å². The van der Waals surface area contributed by atoms with Crippen LogP contribution in [0.1, 0.15) is 30.9 Å². The van der Waals surface area contributed by atoms with E-state index in [0.717, 1.165) is 11.1 Å². The van der Waals surface area contributed by atoms with Crippen molar-refractivity contribution in [3.63, 3.8) is 0 Å². The summed E-state index contributed by atoms with van der Waals surface area (Å²) in [5, 5.41) is 28.6. The topological polar surface area (TPSA) is 64.2 Å². The van der Waals surface area contributed by atoms with Crippen LogP contribution in [-0.2, 0) is 0 Å². The van der Waals surface area contributed by atoms with Gasteiger partial charge in [-0.3, -0.25) is 0 Å². The first-order valence-electron chi connectivity index (χ1n) is 6.54. The van der Waals surface area contributed by atoms with E-state index in [0.29, 0.717) is 16.6 Å². The molecule has 0 aliphatic rings. The summed E-state index contributed by atoms with van der Waals surface area (Å²) in [6, 6.07) is 15.1. The van der Waals surface area contributed by atoms with E-state index in [1.807, 2.05) is 44.2 Å². The first-order chi connectivity index (χ1) is 9.56. The predicted octanol–water partition coefficient (Wildman–Crippen LogP) is 2.03. The van der Waals surface area contributed by atoms with Gasteiger partial charge in [0.25, 0.3) is 0 Å². The first-order valence-corrected chi connectivity index (χ1v) is 6.54. The lowest BCUT2D eigenvalue weighted by atomic mass is 9.72. The Hall–Kier alpha value is -2.09. The summed E-state index contributed by atoms with van der Waals surface area (Å²) in [5.74, 6) is 0.192. The van der Waals surface area contributed by atoms with Crippen LogP contribution in [0, 0.1) is 11.3 Å². The van der Waals surface area contributed by atoms with Crippen LogP contribution in [-0.4, -0.2) is 17.2 Å². The van der Waals surface area contributed by atoms with Gasteiger partial charge in [-0.15, -0.1) is 0 Å². The number of rotatable bonds is 3. The SMILES string of the molecule is CC(C)c1ccc(B(O)O)c(-c2ccccc2)c1C#N. The van der Waals surface area contributed by atoms with Crippen LogP contribution in [0.25, 0.3) is 11.1 Å². The second-order valence-corrected chi connectivity index (χ2v) is 5.00. The third kappa shape index (κ3) is 2.60. The molecule has 100 valence electrons. The second-order valence-electron chi connectivity index (χ2n) is 5.00. The molecule has 0 amide bonds. The number of hydrogen-bond donors (Lipinski definition) is 2. The standard InChI is InChI=1S/C16H16BNO2/c1-11(2)13-8-9-15(17(19)20)16(14(13)10-18)12-6-4-3-5-7-12/h3-9,11,19-20H,1-2H3. The lowest BCUT2D eigenvalue weighted by Crippen LogP contribution is -2.32. The summed E-state index contributed by atoms with van der Waals surface area (Å²) in [6.45, 7) is 4.03. The summed E-state index contributed by atoms with van der Waals surface area (Å²) in [7, 11) is -1.60. The van der Waals surface area contributed by atoms with Crippen molar-refractivity contribution in [1.82, 2.24) is 0 Å². The maximum atomic E-state index is 9.56. The predicted molar refractivity (Wildman–Crippen MR) is 80.5 cm³/mol. The molecule has 2 rings (SSSR count). The minimum absolute atomic E-state index is 0.192. The molecule has 3 nitrogen and oxygen atoms in total. The van der Waals surface area contributed by atoms with Crippen LogP contribution in [0.4, 0.5) is 0 Å². The summed E-state index contributed by atoms with van der Waals surface area (Å²) >= 11 is 0. The molecule has 2 aromatic carbocycles. The Kier molecular flexibility index (Phi) is 4.24. The molecule has 0 atom stereocenters. The van der Waals surface area contributed by atoms with Gasteiger partial charge < -0.3 is 10.0 Å². The summed E-state index contributed by atoms with van der Waals surface area (Å²) in [6.07, 6.45) is 0. The maximum absolute atomic E-state index is 9.56. The highest BCUT2D eigenvalue weighted by atomic mass is 16.4. The minimum Gasteiger partial charge on any atom is -0.423 e. The average Bonchev–Trinajstić information content (AvgIpc) is 2.46. The molecule has 0 heterocycles. The zero-order valence-electron chi connectivity index (χ0n) is 11.5. The van der Waals surface area contributed by atoms with Crippen LogP contribution < -0.4 is 5.46 Å². The van der Waals surface area contributed by atoms with Crippen LogP contribution >= 0.6 is 0 Å². The van der Waals surface area contributed by atoms with E-state index in [1.54, 1.807) is 12.1 Å². The quantitative estimate of drug-likeness (QED) is 0.834. The van der Waals surface area contributed by atoms with Gasteiger partial charge in [0.15, 0.2) is 0 Å². The molecule has 2 aromatic rings. The second kappa shape index (κ2) is 5.91. The van der Waals surface area contributed by atoms with Crippen LogP contribution in [0.5, 0.6) is 0 Å². The molecule has 2 N–H and O–H groups in total. The number of benzene rings is 2. The van der Waals surface area contributed by atoms with E-state index in [9.17, 15) is 15.3 Å². The fourth-order valence-electron chi connectivity index (χ4n) is 2.37. The molecule has 20 heavy (non-hydrogen) atoms. The van der Waals surface area contributed by atoms with Crippen molar-refractivity contribution < 1.29 is 10.0 Å². The molecule has 4 heteroatoms. The fourth-order valence-corrected chi connectivity index (χ4v) is 2.37. The smallest absolute Gasteiger partial charge is 0.423 e. The van der Waals surface area contributed by atoms with Gasteiger partial charge in [-0.25, -0.2) is 0 Å². The van der Waals surface area contributed by atoms with Crippen molar-refractivity contribution >= 4 is 12.6 Å². The fraction of sp³-hybridized carbons (Fsp3) is 0.188. The van der Waals surface area contributed by atoms with Gasteiger partial charge in [-0.05, 0) is 28.1 Å². The Balaban J connectivity index is 2.80. The van der Waals surface area contributed by atoms with Gasteiger partial charge in [0, 0.05) is 0 Å². The molecule has 0 fully saturated rings. The summed E-state index contributed by atoms with van der Waals surface area (Å²) < 4.78 is 0. The minimum atomic E-state index is -1.60. The van der Waals surface area contributed by atoms with Gasteiger partial charge in [0.2, 0.25) is 0 Å². The molecule has 0 aliphatic heterocycles. The highest BCUT2D eigenvalue weighted by Crippen LogP contribution is 2.28. The molecule has 0 bridgehead atoms. The van der Waals surface area contributed by atoms with Crippen LogP contribution in [0.2, 0.25) is 0 Å². The third-order valence-corrected chi connectivity index (χ3v) is 3.34. The molecule has 0 spiro atoms. The van der Waals surface area contributed by atoms with Gasteiger partial charge in [-0.2, -0.15) is 5.26 Å². The van der Waals surface area contributed by atoms with E-state index in [1.165, 1.54) is 0 Å². The number of nitrogens with zero attached hydrogens (tertiary/aromatic N) is 1. The molecule has 0 radical (unpaired) electrons. The van der Waals surface area contributed by atoms with Gasteiger partial charge in [0.1, 0.15) is 6.07 Å². The summed E-state index contributed by atoms with van der Waals surface area (Å²) in [4.78, 5) is 0. The maximum Gasteiger partial charge on any atom is 0.489 e. The zero-order chi connectivity index (χ0) is 14.7. The number of nitriles is 1. The lowest BCUT2D eigenvalue weighted by molar-refractivity contribution is 0.426.